The van der Waals surface area contributed by atoms with Crippen LogP contribution in [0.1, 0.15) is 5.56 Å². The Hall–Kier alpha value is -1.92. The van der Waals surface area contributed by atoms with Crippen LogP contribution in [0.3, 0.4) is 0 Å². The normalized spacial score (nSPS) is 16.6. The van der Waals surface area contributed by atoms with Crippen LogP contribution in [0.25, 0.3) is 6.08 Å². The number of nitrogens with one attached hydrogen (secondary N) is 1. The maximum Gasteiger partial charge on any atom is 0.271 e. The number of halogens is 2. The zero-order valence-corrected chi connectivity index (χ0v) is 13.6. The number of carbonyl (C=O) groups excluding carboxylic acids is 1. The molecular formula is C16H10BrFN2OS. The summed E-state index contributed by atoms with van der Waals surface area (Å²) < 4.78 is 13.9. The SMILES string of the molecule is N=C1SC(=Cc2ccc(Br)cc2)C(=O)N1c1ccc(F)cc1. The average Bonchev–Trinajstić information content (AvgIpc) is 2.77. The molecule has 1 aliphatic heterocycles. The number of hydrogen-bond donors (Lipinski definition) is 1. The first-order chi connectivity index (χ1) is 10.5. The summed E-state index contributed by atoms with van der Waals surface area (Å²) in [6.45, 7) is 0. The van der Waals surface area contributed by atoms with Gasteiger partial charge in [-0.1, -0.05) is 28.1 Å². The Kier molecular flexibility index (Phi) is 4.13. The number of rotatable bonds is 2. The summed E-state index contributed by atoms with van der Waals surface area (Å²) in [6.07, 6.45) is 1.75. The molecule has 1 N–H and O–H groups in total. The second-order valence-corrected chi connectivity index (χ2v) is 6.53. The number of hydrogen-bond acceptors (Lipinski definition) is 3. The van der Waals surface area contributed by atoms with Gasteiger partial charge in [0.2, 0.25) is 0 Å². The summed E-state index contributed by atoms with van der Waals surface area (Å²) in [5, 5.41) is 8.09. The van der Waals surface area contributed by atoms with Crippen molar-refractivity contribution >= 4 is 50.5 Å². The Morgan fingerprint density at radius 3 is 2.36 bits per heavy atom. The van der Waals surface area contributed by atoms with Crippen LogP contribution in [0.2, 0.25) is 0 Å². The molecule has 1 saturated heterocycles. The third kappa shape index (κ3) is 2.98. The Balaban J connectivity index is 1.91. The molecule has 0 bridgehead atoms. The third-order valence-corrected chi connectivity index (χ3v) is 4.49. The van der Waals surface area contributed by atoms with E-state index in [1.807, 2.05) is 24.3 Å². The molecule has 0 aromatic heterocycles. The molecule has 6 heteroatoms. The average molecular weight is 377 g/mol. The van der Waals surface area contributed by atoms with Crippen LogP contribution in [-0.2, 0) is 4.79 Å². The zero-order valence-electron chi connectivity index (χ0n) is 11.2. The Labute approximate surface area is 139 Å². The van der Waals surface area contributed by atoms with Crippen molar-refractivity contribution in [2.75, 3.05) is 4.90 Å². The predicted molar refractivity (Wildman–Crippen MR) is 91.3 cm³/mol. The van der Waals surface area contributed by atoms with Crippen LogP contribution in [0, 0.1) is 11.2 Å². The maximum absolute atomic E-state index is 13.0. The van der Waals surface area contributed by atoms with E-state index in [9.17, 15) is 9.18 Å². The molecule has 1 fully saturated rings. The van der Waals surface area contributed by atoms with Crippen molar-refractivity contribution in [2.45, 2.75) is 0 Å². The van der Waals surface area contributed by atoms with Gasteiger partial charge in [0.05, 0.1) is 10.6 Å². The van der Waals surface area contributed by atoms with Crippen LogP contribution in [0.4, 0.5) is 10.1 Å². The molecule has 0 spiro atoms. The van der Waals surface area contributed by atoms with Gasteiger partial charge in [0.15, 0.2) is 5.17 Å². The fourth-order valence-corrected chi connectivity index (χ4v) is 3.15. The summed E-state index contributed by atoms with van der Waals surface area (Å²) in [4.78, 5) is 14.2. The smallest absolute Gasteiger partial charge is 0.271 e. The van der Waals surface area contributed by atoms with Crippen LogP contribution >= 0.6 is 27.7 Å². The van der Waals surface area contributed by atoms with Gasteiger partial charge in [-0.3, -0.25) is 15.1 Å². The molecule has 0 unspecified atom stereocenters. The number of benzene rings is 2. The number of carbonyl (C=O) groups is 1. The molecule has 0 radical (unpaired) electrons. The topological polar surface area (TPSA) is 44.2 Å². The Morgan fingerprint density at radius 1 is 1.09 bits per heavy atom. The highest BCUT2D eigenvalue weighted by Crippen LogP contribution is 2.35. The molecule has 3 rings (SSSR count). The van der Waals surface area contributed by atoms with Gasteiger partial charge in [-0.05, 0) is 59.8 Å². The minimum Gasteiger partial charge on any atom is -0.278 e. The fourth-order valence-electron chi connectivity index (χ4n) is 2.02. The standard InChI is InChI=1S/C16H10BrFN2OS/c17-11-3-1-10(2-4-11)9-14-15(21)20(16(19)22-14)13-7-5-12(18)6-8-13/h1-9,19H. The second kappa shape index (κ2) is 6.06. The zero-order chi connectivity index (χ0) is 15.7. The van der Waals surface area contributed by atoms with Crippen LogP contribution < -0.4 is 4.90 Å². The lowest BCUT2D eigenvalue weighted by atomic mass is 10.2. The van der Waals surface area contributed by atoms with Crippen LogP contribution in [0.5, 0.6) is 0 Å². The molecule has 0 aliphatic carbocycles. The van der Waals surface area contributed by atoms with E-state index >= 15 is 0 Å². The lowest BCUT2D eigenvalue weighted by Gasteiger charge is -2.13. The summed E-state index contributed by atoms with van der Waals surface area (Å²) >= 11 is 4.45. The molecule has 0 atom stereocenters. The molecule has 2 aromatic carbocycles. The monoisotopic (exact) mass is 376 g/mol. The van der Waals surface area contributed by atoms with E-state index in [0.29, 0.717) is 10.6 Å². The summed E-state index contributed by atoms with van der Waals surface area (Å²) in [5.74, 6) is -0.648. The van der Waals surface area contributed by atoms with E-state index in [1.165, 1.54) is 29.2 Å². The number of amidine groups is 1. The molecule has 1 heterocycles. The number of thioether (sulfide) groups is 1. The van der Waals surface area contributed by atoms with Gasteiger partial charge >= 0.3 is 0 Å². The van der Waals surface area contributed by atoms with Gasteiger partial charge in [0.25, 0.3) is 5.91 Å². The lowest BCUT2D eigenvalue weighted by Crippen LogP contribution is -2.28. The second-order valence-electron chi connectivity index (χ2n) is 4.58. The quantitative estimate of drug-likeness (QED) is 0.775. The molecular weight excluding hydrogens is 367 g/mol. The van der Waals surface area contributed by atoms with Crippen molar-refractivity contribution in [1.29, 1.82) is 5.41 Å². The predicted octanol–water partition coefficient (Wildman–Crippen LogP) is 4.64. The lowest BCUT2D eigenvalue weighted by molar-refractivity contribution is -0.113. The Bertz CT molecular complexity index is 772. The van der Waals surface area contributed by atoms with Crippen molar-refractivity contribution in [3.05, 3.63) is 69.3 Å². The summed E-state index contributed by atoms with van der Waals surface area (Å²) in [5.41, 5.74) is 1.37. The molecule has 1 aliphatic rings. The number of anilines is 1. The highest BCUT2D eigenvalue weighted by molar-refractivity contribution is 9.10. The van der Waals surface area contributed by atoms with Gasteiger partial charge in [0.1, 0.15) is 5.82 Å². The van der Waals surface area contributed by atoms with Gasteiger partial charge in [-0.25, -0.2) is 4.39 Å². The summed E-state index contributed by atoms with van der Waals surface area (Å²) in [6, 6.07) is 13.1. The maximum atomic E-state index is 13.0. The molecule has 22 heavy (non-hydrogen) atoms. The molecule has 0 saturated carbocycles. The Morgan fingerprint density at radius 2 is 1.73 bits per heavy atom. The van der Waals surface area contributed by atoms with Gasteiger partial charge in [0, 0.05) is 4.47 Å². The molecule has 3 nitrogen and oxygen atoms in total. The van der Waals surface area contributed by atoms with E-state index in [1.54, 1.807) is 6.08 Å². The van der Waals surface area contributed by atoms with Crippen molar-refractivity contribution < 1.29 is 9.18 Å². The number of nitrogens with zero attached hydrogens (tertiary/aromatic N) is 1. The molecule has 110 valence electrons. The van der Waals surface area contributed by atoms with Gasteiger partial charge in [-0.2, -0.15) is 0 Å². The van der Waals surface area contributed by atoms with E-state index in [0.717, 1.165) is 21.8 Å². The van der Waals surface area contributed by atoms with Gasteiger partial charge < -0.3 is 0 Å². The number of amides is 1. The van der Waals surface area contributed by atoms with Gasteiger partial charge in [-0.15, -0.1) is 0 Å². The van der Waals surface area contributed by atoms with Crippen molar-refractivity contribution in [3.63, 3.8) is 0 Å². The highest BCUT2D eigenvalue weighted by atomic mass is 79.9. The van der Waals surface area contributed by atoms with E-state index in [2.05, 4.69) is 15.9 Å². The van der Waals surface area contributed by atoms with Crippen molar-refractivity contribution in [3.8, 4) is 0 Å². The van der Waals surface area contributed by atoms with E-state index in [4.69, 9.17) is 5.41 Å². The van der Waals surface area contributed by atoms with Crippen molar-refractivity contribution in [2.24, 2.45) is 0 Å². The fraction of sp³-hybridized carbons (Fsp3) is 0. The first-order valence-corrected chi connectivity index (χ1v) is 7.99. The van der Waals surface area contributed by atoms with Crippen LogP contribution in [0.15, 0.2) is 57.9 Å². The van der Waals surface area contributed by atoms with E-state index in [-0.39, 0.29) is 16.9 Å². The third-order valence-electron chi connectivity index (χ3n) is 3.08. The largest absolute Gasteiger partial charge is 0.278 e. The first kappa shape index (κ1) is 15.0. The molecule has 2 aromatic rings. The van der Waals surface area contributed by atoms with Crippen LogP contribution in [-0.4, -0.2) is 11.1 Å². The highest BCUT2D eigenvalue weighted by Gasteiger charge is 2.33. The summed E-state index contributed by atoms with van der Waals surface area (Å²) in [7, 11) is 0. The van der Waals surface area contributed by atoms with E-state index < -0.39 is 0 Å². The van der Waals surface area contributed by atoms with Crippen molar-refractivity contribution in [1.82, 2.24) is 0 Å². The minimum absolute atomic E-state index is 0.111. The minimum atomic E-state index is -0.375. The first-order valence-electron chi connectivity index (χ1n) is 6.38. The molecule has 1 amide bonds.